The minimum atomic E-state index is -1.19. The maximum atomic E-state index is 11.4. The molecule has 0 aliphatic heterocycles. The maximum absolute atomic E-state index is 11.4. The molecule has 0 radical (unpaired) electrons. The summed E-state index contributed by atoms with van der Waals surface area (Å²) in [5, 5.41) is 17.6. The first-order valence-corrected chi connectivity index (χ1v) is 8.42. The predicted octanol–water partition coefficient (Wildman–Crippen LogP) is 4.38. The van der Waals surface area contributed by atoms with Gasteiger partial charge in [-0.1, -0.05) is 64.4 Å². The van der Waals surface area contributed by atoms with Crippen molar-refractivity contribution in [2.24, 2.45) is 10.3 Å². The van der Waals surface area contributed by atoms with Crippen molar-refractivity contribution in [3.8, 4) is 0 Å². The Labute approximate surface area is 162 Å². The molecule has 0 amide bonds. The van der Waals surface area contributed by atoms with E-state index in [2.05, 4.69) is 15.1 Å². The third-order valence-electron chi connectivity index (χ3n) is 3.47. The molecule has 1 N–H and O–H groups in total. The average molecular weight is 387 g/mol. The number of carboxylic acid groups (broad SMARTS) is 1. The summed E-state index contributed by atoms with van der Waals surface area (Å²) in [7, 11) is 1.29. The second-order valence-corrected chi connectivity index (χ2v) is 5.91. The molecule has 2 aromatic carbocycles. The number of halogens is 1. The molecule has 2 rings (SSSR count). The molecule has 27 heavy (non-hydrogen) atoms. The lowest BCUT2D eigenvalue weighted by atomic mass is 10.0. The van der Waals surface area contributed by atoms with Crippen LogP contribution in [0.4, 0.5) is 0 Å². The summed E-state index contributed by atoms with van der Waals surface area (Å²) in [5.41, 5.74) is 2.50. The molecule has 140 valence electrons. The zero-order valence-electron chi connectivity index (χ0n) is 14.9. The molecule has 0 saturated heterocycles. The lowest BCUT2D eigenvalue weighted by molar-refractivity contribution is -0.129. The van der Waals surface area contributed by atoms with Crippen LogP contribution in [-0.4, -0.2) is 29.6 Å². The average Bonchev–Trinajstić information content (AvgIpc) is 2.66. The van der Waals surface area contributed by atoms with Crippen molar-refractivity contribution < 1.29 is 19.6 Å². The quantitative estimate of drug-likeness (QED) is 0.539. The number of hydrogen-bond donors (Lipinski definition) is 1. The van der Waals surface area contributed by atoms with Gasteiger partial charge in [0.05, 0.1) is 5.71 Å². The number of hydrogen-bond acceptors (Lipinski definition) is 5. The second kappa shape index (κ2) is 10.1. The van der Waals surface area contributed by atoms with E-state index in [1.807, 2.05) is 36.4 Å². The van der Waals surface area contributed by atoms with Gasteiger partial charge in [0.25, 0.3) is 0 Å². The third-order valence-corrected chi connectivity index (χ3v) is 3.73. The van der Waals surface area contributed by atoms with Crippen LogP contribution in [0.1, 0.15) is 23.6 Å². The summed E-state index contributed by atoms with van der Waals surface area (Å²) in [5.74, 6) is -1.19. The van der Waals surface area contributed by atoms with Crippen LogP contribution in [0.3, 0.4) is 0 Å². The van der Waals surface area contributed by atoms with E-state index in [0.29, 0.717) is 21.9 Å². The fraction of sp³-hybridized carbons (Fsp3) is 0.150. The number of aliphatic carboxylic acids is 1. The molecule has 0 aliphatic rings. The maximum Gasteiger partial charge on any atom is 0.358 e. The van der Waals surface area contributed by atoms with Gasteiger partial charge >= 0.3 is 5.97 Å². The third kappa shape index (κ3) is 6.27. The highest BCUT2D eigenvalue weighted by atomic mass is 35.5. The fourth-order valence-corrected chi connectivity index (χ4v) is 2.32. The smallest absolute Gasteiger partial charge is 0.358 e. The molecule has 0 aliphatic carbocycles. The van der Waals surface area contributed by atoms with Crippen molar-refractivity contribution in [1.82, 2.24) is 0 Å². The van der Waals surface area contributed by atoms with Crippen LogP contribution >= 0.6 is 11.6 Å². The topological polar surface area (TPSA) is 80.5 Å². The van der Waals surface area contributed by atoms with Gasteiger partial charge in [-0.2, -0.15) is 0 Å². The highest BCUT2D eigenvalue weighted by molar-refractivity contribution is 6.42. The molecule has 0 spiro atoms. The summed E-state index contributed by atoms with van der Waals surface area (Å²) in [6, 6.07) is 14.3. The molecule has 0 saturated carbocycles. The minimum Gasteiger partial charge on any atom is -0.476 e. The van der Waals surface area contributed by atoms with Crippen molar-refractivity contribution >= 4 is 35.1 Å². The molecule has 0 atom stereocenters. The molecule has 0 unspecified atom stereocenters. The van der Waals surface area contributed by atoms with Crippen LogP contribution in [0.2, 0.25) is 5.02 Å². The molecular formula is C20H19ClN2O4. The van der Waals surface area contributed by atoms with Gasteiger partial charge in [0.15, 0.2) is 5.71 Å². The van der Waals surface area contributed by atoms with Crippen molar-refractivity contribution in [3.05, 3.63) is 76.3 Å². The highest BCUT2D eigenvalue weighted by Gasteiger charge is 2.17. The number of carboxylic acids is 1. The normalized spacial score (nSPS) is 12.3. The van der Waals surface area contributed by atoms with Crippen molar-refractivity contribution in [2.45, 2.75) is 13.5 Å². The molecule has 2 aromatic rings. The van der Waals surface area contributed by atoms with Crippen LogP contribution in [0.25, 0.3) is 6.08 Å². The van der Waals surface area contributed by atoms with Crippen molar-refractivity contribution in [3.63, 3.8) is 0 Å². The molecule has 6 nitrogen and oxygen atoms in total. The molecular weight excluding hydrogens is 368 g/mol. The number of benzene rings is 2. The van der Waals surface area contributed by atoms with E-state index in [1.54, 1.807) is 31.2 Å². The van der Waals surface area contributed by atoms with Gasteiger partial charge in [0, 0.05) is 16.1 Å². The van der Waals surface area contributed by atoms with Crippen LogP contribution in [0, 0.1) is 0 Å². The molecule has 0 fully saturated rings. The van der Waals surface area contributed by atoms with Gasteiger partial charge in [-0.3, -0.25) is 0 Å². The number of rotatable bonds is 8. The first-order chi connectivity index (χ1) is 13.0. The molecule has 7 heteroatoms. The number of oxime groups is 2. The molecule has 0 bridgehead atoms. The first-order valence-electron chi connectivity index (χ1n) is 8.04. The Hall–Kier alpha value is -3.12. The van der Waals surface area contributed by atoms with Gasteiger partial charge < -0.3 is 14.8 Å². The van der Waals surface area contributed by atoms with E-state index in [1.165, 1.54) is 7.11 Å². The Bertz CT molecular complexity index is 874. The highest BCUT2D eigenvalue weighted by Crippen LogP contribution is 2.13. The van der Waals surface area contributed by atoms with Gasteiger partial charge in [0.2, 0.25) is 0 Å². The van der Waals surface area contributed by atoms with Crippen molar-refractivity contribution in [2.75, 3.05) is 7.11 Å². The van der Waals surface area contributed by atoms with Crippen LogP contribution in [0.5, 0.6) is 0 Å². The zero-order chi connectivity index (χ0) is 19.6. The standard InChI is InChI=1S/C20H19ClN2O4/c1-14(7-8-15-9-11-17(21)12-10-15)22-27-13-16-5-3-4-6-18(16)19(20(24)25)23-26-2/h3-12H,13H2,1-2H3,(H,24,25). The second-order valence-electron chi connectivity index (χ2n) is 5.48. The Balaban J connectivity index is 2.06. The van der Waals surface area contributed by atoms with E-state index < -0.39 is 5.97 Å². The predicted molar refractivity (Wildman–Crippen MR) is 106 cm³/mol. The van der Waals surface area contributed by atoms with Crippen LogP contribution < -0.4 is 0 Å². The minimum absolute atomic E-state index is 0.0955. The first kappa shape index (κ1) is 20.2. The van der Waals surface area contributed by atoms with E-state index in [-0.39, 0.29) is 12.3 Å². The Morgan fingerprint density at radius 3 is 2.52 bits per heavy atom. The van der Waals surface area contributed by atoms with Gasteiger partial charge in [-0.05, 0) is 30.7 Å². The fourth-order valence-electron chi connectivity index (χ4n) is 2.20. The van der Waals surface area contributed by atoms with E-state index >= 15 is 0 Å². The number of carbonyl (C=O) groups is 1. The summed E-state index contributed by atoms with van der Waals surface area (Å²) in [6.07, 6.45) is 3.70. The summed E-state index contributed by atoms with van der Waals surface area (Å²) < 4.78 is 0. The number of nitrogens with zero attached hydrogens (tertiary/aromatic N) is 2. The van der Waals surface area contributed by atoms with Crippen LogP contribution in [-0.2, 0) is 21.1 Å². The summed E-state index contributed by atoms with van der Waals surface area (Å²) in [4.78, 5) is 21.4. The van der Waals surface area contributed by atoms with E-state index in [9.17, 15) is 9.90 Å². The molecule has 0 aromatic heterocycles. The summed E-state index contributed by atoms with van der Waals surface area (Å²) >= 11 is 5.85. The van der Waals surface area contributed by atoms with Crippen molar-refractivity contribution in [1.29, 1.82) is 0 Å². The number of allylic oxidation sites excluding steroid dienone is 1. The zero-order valence-corrected chi connectivity index (χ0v) is 15.7. The Kier molecular flexibility index (Phi) is 7.58. The van der Waals surface area contributed by atoms with Crippen LogP contribution in [0.15, 0.2) is 64.9 Å². The lowest BCUT2D eigenvalue weighted by Crippen LogP contribution is -2.17. The van der Waals surface area contributed by atoms with Gasteiger partial charge in [-0.15, -0.1) is 0 Å². The lowest BCUT2D eigenvalue weighted by Gasteiger charge is -2.08. The van der Waals surface area contributed by atoms with Gasteiger partial charge in [-0.25, -0.2) is 4.79 Å². The van der Waals surface area contributed by atoms with E-state index in [0.717, 1.165) is 5.56 Å². The van der Waals surface area contributed by atoms with Gasteiger partial charge in [0.1, 0.15) is 13.7 Å². The monoisotopic (exact) mass is 386 g/mol. The summed E-state index contributed by atoms with van der Waals surface area (Å²) in [6.45, 7) is 1.89. The van der Waals surface area contributed by atoms with E-state index in [4.69, 9.17) is 16.4 Å². The Morgan fingerprint density at radius 2 is 1.85 bits per heavy atom. The largest absolute Gasteiger partial charge is 0.476 e. The Morgan fingerprint density at radius 1 is 1.15 bits per heavy atom. The SMILES string of the molecule is CON=C(C(=O)O)c1ccccc1CON=C(C)C=Cc1ccc(Cl)cc1. The molecule has 0 heterocycles.